The molecule has 1 rings (SSSR count). The fraction of sp³-hybridized carbons (Fsp3) is 0.571. The van der Waals surface area contributed by atoms with Gasteiger partial charge in [-0.05, 0) is 37.9 Å². The van der Waals surface area contributed by atoms with Crippen molar-refractivity contribution in [2.75, 3.05) is 24.5 Å². The molecule has 0 amide bonds. The van der Waals surface area contributed by atoms with Gasteiger partial charge in [0.1, 0.15) is 6.54 Å². The first-order chi connectivity index (χ1) is 8.87. The third-order valence-electron chi connectivity index (χ3n) is 2.85. The summed E-state index contributed by atoms with van der Waals surface area (Å²) >= 11 is 0. The Bertz CT molecular complexity index is 402. The summed E-state index contributed by atoms with van der Waals surface area (Å²) in [5, 5.41) is 0. The Balaban J connectivity index is 3.06. The molecule has 0 aliphatic heterocycles. The van der Waals surface area contributed by atoms with E-state index in [9.17, 15) is 13.2 Å². The van der Waals surface area contributed by atoms with E-state index in [0.29, 0.717) is 31.6 Å². The van der Waals surface area contributed by atoms with Crippen molar-refractivity contribution in [1.29, 1.82) is 0 Å². The molecule has 0 aliphatic carbocycles. The van der Waals surface area contributed by atoms with Crippen LogP contribution in [0.2, 0.25) is 0 Å². The van der Waals surface area contributed by atoms with Crippen molar-refractivity contribution in [1.82, 2.24) is 0 Å². The molecule has 0 bridgehead atoms. The summed E-state index contributed by atoms with van der Waals surface area (Å²) in [6, 6.07) is 5.53. The third kappa shape index (κ3) is 5.11. The Morgan fingerprint density at radius 1 is 1.26 bits per heavy atom. The van der Waals surface area contributed by atoms with E-state index in [1.54, 1.807) is 6.07 Å². The van der Waals surface area contributed by atoms with Crippen molar-refractivity contribution in [3.63, 3.8) is 0 Å². The number of alkyl halides is 3. The second-order valence-corrected chi connectivity index (χ2v) is 4.71. The van der Waals surface area contributed by atoms with Crippen molar-refractivity contribution >= 4 is 5.69 Å². The highest BCUT2D eigenvalue weighted by Gasteiger charge is 2.31. The highest BCUT2D eigenvalue weighted by molar-refractivity contribution is 5.55. The largest absolute Gasteiger partial charge is 0.405 e. The van der Waals surface area contributed by atoms with Crippen LogP contribution < -0.4 is 10.6 Å². The highest BCUT2D eigenvalue weighted by Crippen LogP contribution is 2.26. The summed E-state index contributed by atoms with van der Waals surface area (Å²) in [6.45, 7) is 3.71. The normalized spacial score (nSPS) is 11.7. The van der Waals surface area contributed by atoms with E-state index < -0.39 is 12.7 Å². The molecule has 0 aliphatic rings. The molecule has 2 N–H and O–H groups in total. The summed E-state index contributed by atoms with van der Waals surface area (Å²) in [4.78, 5) is 1.39. The van der Waals surface area contributed by atoms with Crippen LogP contribution in [0.5, 0.6) is 0 Å². The summed E-state index contributed by atoms with van der Waals surface area (Å²) in [5.74, 6) is 0. The average molecular weight is 274 g/mol. The first kappa shape index (κ1) is 15.8. The van der Waals surface area contributed by atoms with E-state index in [1.165, 1.54) is 4.90 Å². The fourth-order valence-electron chi connectivity index (χ4n) is 2.15. The van der Waals surface area contributed by atoms with Crippen molar-refractivity contribution in [2.45, 2.75) is 32.9 Å². The highest BCUT2D eigenvalue weighted by atomic mass is 19.4. The van der Waals surface area contributed by atoms with Crippen LogP contribution in [0.15, 0.2) is 18.2 Å². The molecular weight excluding hydrogens is 253 g/mol. The predicted molar refractivity (Wildman–Crippen MR) is 72.5 cm³/mol. The number of hydrogen-bond donors (Lipinski definition) is 1. The minimum absolute atomic E-state index is 0.389. The van der Waals surface area contributed by atoms with Gasteiger partial charge in [-0.15, -0.1) is 0 Å². The standard InChI is InChI=1S/C14H21F3N2/c1-3-8-19(10-14(15,16)17)13-5-4-11(2)9-12(13)6-7-18/h4-5,9H,3,6-8,10,18H2,1-2H3. The van der Waals surface area contributed by atoms with E-state index >= 15 is 0 Å². The average Bonchev–Trinajstić information content (AvgIpc) is 2.27. The maximum absolute atomic E-state index is 12.6. The molecule has 0 aromatic heterocycles. The van der Waals surface area contributed by atoms with Crippen molar-refractivity contribution in [3.8, 4) is 0 Å². The molecule has 1 aromatic rings. The molecule has 0 saturated heterocycles. The second-order valence-electron chi connectivity index (χ2n) is 4.71. The Morgan fingerprint density at radius 3 is 2.47 bits per heavy atom. The lowest BCUT2D eigenvalue weighted by Gasteiger charge is -2.28. The Labute approximate surface area is 112 Å². The zero-order valence-electron chi connectivity index (χ0n) is 11.4. The molecule has 0 heterocycles. The van der Waals surface area contributed by atoms with Gasteiger partial charge in [0.25, 0.3) is 0 Å². The topological polar surface area (TPSA) is 29.3 Å². The van der Waals surface area contributed by atoms with Gasteiger partial charge in [-0.1, -0.05) is 24.6 Å². The van der Waals surface area contributed by atoms with Crippen molar-refractivity contribution in [2.24, 2.45) is 5.73 Å². The van der Waals surface area contributed by atoms with Gasteiger partial charge in [-0.3, -0.25) is 0 Å². The summed E-state index contributed by atoms with van der Waals surface area (Å²) in [6.07, 6.45) is -2.93. The SMILES string of the molecule is CCCN(CC(F)(F)F)c1ccc(C)cc1CCN. The molecule has 0 unspecified atom stereocenters. The van der Waals surface area contributed by atoms with Gasteiger partial charge in [-0.25, -0.2) is 0 Å². The molecule has 2 nitrogen and oxygen atoms in total. The maximum atomic E-state index is 12.6. The van der Waals surface area contributed by atoms with E-state index in [4.69, 9.17) is 5.73 Å². The number of rotatable bonds is 6. The Kier molecular flexibility index (Phi) is 5.66. The molecule has 1 aromatic carbocycles. The molecule has 5 heteroatoms. The van der Waals surface area contributed by atoms with Crippen LogP contribution in [0.3, 0.4) is 0 Å². The minimum Gasteiger partial charge on any atom is -0.362 e. The number of hydrogen-bond acceptors (Lipinski definition) is 2. The lowest BCUT2D eigenvalue weighted by atomic mass is 10.0. The predicted octanol–water partition coefficient (Wildman–Crippen LogP) is 3.27. The zero-order valence-corrected chi connectivity index (χ0v) is 11.4. The summed E-state index contributed by atoms with van der Waals surface area (Å²) < 4.78 is 37.9. The summed E-state index contributed by atoms with van der Waals surface area (Å²) in [7, 11) is 0. The number of benzene rings is 1. The smallest absolute Gasteiger partial charge is 0.362 e. The van der Waals surface area contributed by atoms with Crippen molar-refractivity contribution < 1.29 is 13.2 Å². The van der Waals surface area contributed by atoms with Crippen molar-refractivity contribution in [3.05, 3.63) is 29.3 Å². The molecule has 0 atom stereocenters. The molecule has 0 spiro atoms. The minimum atomic E-state index is -4.19. The van der Waals surface area contributed by atoms with E-state index in [2.05, 4.69) is 0 Å². The molecule has 19 heavy (non-hydrogen) atoms. The van der Waals surface area contributed by atoms with E-state index in [1.807, 2.05) is 26.0 Å². The number of nitrogens with two attached hydrogens (primary N) is 1. The van der Waals surface area contributed by atoms with Gasteiger partial charge in [0.2, 0.25) is 0 Å². The quantitative estimate of drug-likeness (QED) is 0.862. The second kappa shape index (κ2) is 6.80. The number of aryl methyl sites for hydroxylation is 1. The molecule has 0 radical (unpaired) electrons. The van der Waals surface area contributed by atoms with Crippen LogP contribution in [0, 0.1) is 6.92 Å². The number of nitrogens with zero attached hydrogens (tertiary/aromatic N) is 1. The van der Waals surface area contributed by atoms with Crippen LogP contribution in [0.25, 0.3) is 0 Å². The van der Waals surface area contributed by atoms with E-state index in [-0.39, 0.29) is 0 Å². The monoisotopic (exact) mass is 274 g/mol. The van der Waals surface area contributed by atoms with Gasteiger partial charge in [0.05, 0.1) is 0 Å². The Morgan fingerprint density at radius 2 is 1.95 bits per heavy atom. The Hall–Kier alpha value is -1.23. The first-order valence-electron chi connectivity index (χ1n) is 6.48. The van der Waals surface area contributed by atoms with Gasteiger partial charge in [-0.2, -0.15) is 13.2 Å². The van der Waals surface area contributed by atoms with Gasteiger partial charge in [0.15, 0.2) is 0 Å². The molecule has 0 fully saturated rings. The first-order valence-corrected chi connectivity index (χ1v) is 6.48. The lowest BCUT2D eigenvalue weighted by Crippen LogP contribution is -2.35. The van der Waals surface area contributed by atoms with Crippen LogP contribution in [-0.4, -0.2) is 25.8 Å². The van der Waals surface area contributed by atoms with E-state index in [0.717, 1.165) is 11.1 Å². The van der Waals surface area contributed by atoms with Gasteiger partial charge < -0.3 is 10.6 Å². The number of halogens is 3. The maximum Gasteiger partial charge on any atom is 0.405 e. The fourth-order valence-corrected chi connectivity index (χ4v) is 2.15. The lowest BCUT2D eigenvalue weighted by molar-refractivity contribution is -0.119. The number of anilines is 1. The summed E-state index contributed by atoms with van der Waals surface area (Å²) in [5.41, 5.74) is 8.12. The van der Waals surface area contributed by atoms with Gasteiger partial charge in [0, 0.05) is 12.2 Å². The third-order valence-corrected chi connectivity index (χ3v) is 2.85. The molecule has 0 saturated carbocycles. The van der Waals surface area contributed by atoms with Crippen LogP contribution in [0.4, 0.5) is 18.9 Å². The zero-order chi connectivity index (χ0) is 14.5. The van der Waals surface area contributed by atoms with Crippen LogP contribution >= 0.6 is 0 Å². The molecular formula is C14H21F3N2. The van der Waals surface area contributed by atoms with Crippen LogP contribution in [0.1, 0.15) is 24.5 Å². The van der Waals surface area contributed by atoms with Crippen LogP contribution in [-0.2, 0) is 6.42 Å². The molecule has 108 valence electrons. The van der Waals surface area contributed by atoms with Gasteiger partial charge >= 0.3 is 6.18 Å².